The molecular weight excluding hydrogens is 234 g/mol. The topological polar surface area (TPSA) is 18.5 Å². The quantitative estimate of drug-likeness (QED) is 0.864. The second-order valence-electron chi connectivity index (χ2n) is 5.78. The van der Waals surface area contributed by atoms with E-state index in [0.29, 0.717) is 6.04 Å². The van der Waals surface area contributed by atoms with Crippen molar-refractivity contribution in [1.82, 2.24) is 15.1 Å². The van der Waals surface area contributed by atoms with E-state index in [9.17, 15) is 0 Å². The highest BCUT2D eigenvalue weighted by molar-refractivity contribution is 5.25. The van der Waals surface area contributed by atoms with Crippen LogP contribution in [0.15, 0.2) is 24.3 Å². The van der Waals surface area contributed by atoms with Gasteiger partial charge in [0.2, 0.25) is 0 Å². The Hall–Kier alpha value is -0.900. The fourth-order valence-corrected chi connectivity index (χ4v) is 2.72. The molecule has 1 atom stereocenters. The first-order valence-electron chi connectivity index (χ1n) is 7.31. The average Bonchev–Trinajstić information content (AvgIpc) is 2.40. The van der Waals surface area contributed by atoms with Gasteiger partial charge in [-0.05, 0) is 38.6 Å². The van der Waals surface area contributed by atoms with Gasteiger partial charge in [-0.2, -0.15) is 0 Å². The Morgan fingerprint density at radius 3 is 2.89 bits per heavy atom. The molecule has 0 spiro atoms. The summed E-state index contributed by atoms with van der Waals surface area (Å²) in [5, 5.41) is 3.49. The van der Waals surface area contributed by atoms with Gasteiger partial charge in [-0.3, -0.25) is 4.90 Å². The van der Waals surface area contributed by atoms with Gasteiger partial charge in [0.25, 0.3) is 0 Å². The van der Waals surface area contributed by atoms with Crippen LogP contribution in [-0.4, -0.2) is 62.7 Å². The maximum atomic E-state index is 3.49. The third kappa shape index (κ3) is 4.30. The predicted octanol–water partition coefficient (Wildman–Crippen LogP) is 1.37. The van der Waals surface area contributed by atoms with E-state index < -0.39 is 0 Å². The Labute approximate surface area is 117 Å². The molecule has 1 aromatic carbocycles. The number of piperazine rings is 1. The first-order chi connectivity index (χ1) is 9.16. The molecule has 0 bridgehead atoms. The zero-order valence-electron chi connectivity index (χ0n) is 12.5. The SMILES string of the molecule is Cc1ccccc1CCN(C)CC1CNCCN1C. The van der Waals surface area contributed by atoms with Crippen LogP contribution in [0.4, 0.5) is 0 Å². The number of nitrogens with one attached hydrogen (secondary N) is 1. The van der Waals surface area contributed by atoms with E-state index in [0.717, 1.165) is 39.1 Å². The minimum Gasteiger partial charge on any atom is -0.314 e. The van der Waals surface area contributed by atoms with Crippen LogP contribution < -0.4 is 5.32 Å². The lowest BCUT2D eigenvalue weighted by Gasteiger charge is -2.35. The van der Waals surface area contributed by atoms with E-state index in [1.807, 2.05) is 0 Å². The smallest absolute Gasteiger partial charge is 0.0345 e. The lowest BCUT2D eigenvalue weighted by atomic mass is 10.1. The molecule has 1 aliphatic heterocycles. The largest absolute Gasteiger partial charge is 0.314 e. The highest BCUT2D eigenvalue weighted by atomic mass is 15.2. The molecule has 1 aromatic rings. The Bertz CT molecular complexity index is 391. The van der Waals surface area contributed by atoms with Gasteiger partial charge in [-0.25, -0.2) is 0 Å². The van der Waals surface area contributed by atoms with E-state index in [-0.39, 0.29) is 0 Å². The summed E-state index contributed by atoms with van der Waals surface area (Å²) in [5.41, 5.74) is 2.89. The van der Waals surface area contributed by atoms with Crippen molar-refractivity contribution in [2.75, 3.05) is 46.8 Å². The first kappa shape index (κ1) is 14.5. The van der Waals surface area contributed by atoms with Crippen molar-refractivity contribution in [3.8, 4) is 0 Å². The van der Waals surface area contributed by atoms with Crippen LogP contribution in [0.2, 0.25) is 0 Å². The molecule has 3 nitrogen and oxygen atoms in total. The molecule has 106 valence electrons. The van der Waals surface area contributed by atoms with E-state index in [1.54, 1.807) is 0 Å². The van der Waals surface area contributed by atoms with Gasteiger partial charge in [0.1, 0.15) is 0 Å². The normalized spacial score (nSPS) is 20.9. The number of likely N-dealkylation sites (N-methyl/N-ethyl adjacent to an activating group) is 2. The van der Waals surface area contributed by atoms with Gasteiger partial charge in [0.15, 0.2) is 0 Å². The maximum Gasteiger partial charge on any atom is 0.0345 e. The van der Waals surface area contributed by atoms with Crippen molar-refractivity contribution < 1.29 is 0 Å². The summed E-state index contributed by atoms with van der Waals surface area (Å²) >= 11 is 0. The van der Waals surface area contributed by atoms with Gasteiger partial charge >= 0.3 is 0 Å². The third-order valence-corrected chi connectivity index (χ3v) is 4.19. The van der Waals surface area contributed by atoms with Crippen LogP contribution in [-0.2, 0) is 6.42 Å². The molecule has 1 aliphatic rings. The Morgan fingerprint density at radius 2 is 2.16 bits per heavy atom. The fourth-order valence-electron chi connectivity index (χ4n) is 2.72. The van der Waals surface area contributed by atoms with Gasteiger partial charge in [-0.15, -0.1) is 0 Å². The summed E-state index contributed by atoms with van der Waals surface area (Å²) in [6.07, 6.45) is 1.15. The van der Waals surface area contributed by atoms with Crippen molar-refractivity contribution in [3.63, 3.8) is 0 Å². The molecule has 19 heavy (non-hydrogen) atoms. The monoisotopic (exact) mass is 261 g/mol. The third-order valence-electron chi connectivity index (χ3n) is 4.19. The Kier molecular flexibility index (Phi) is 5.37. The summed E-state index contributed by atoms with van der Waals surface area (Å²) in [4.78, 5) is 4.93. The van der Waals surface area contributed by atoms with Crippen molar-refractivity contribution in [1.29, 1.82) is 0 Å². The van der Waals surface area contributed by atoms with E-state index in [4.69, 9.17) is 0 Å². The number of nitrogens with zero attached hydrogens (tertiary/aromatic N) is 2. The van der Waals surface area contributed by atoms with Crippen molar-refractivity contribution in [3.05, 3.63) is 35.4 Å². The molecular formula is C16H27N3. The average molecular weight is 261 g/mol. The van der Waals surface area contributed by atoms with Crippen LogP contribution in [0.3, 0.4) is 0 Å². The summed E-state index contributed by atoms with van der Waals surface area (Å²) in [5.74, 6) is 0. The van der Waals surface area contributed by atoms with Crippen LogP contribution in [0, 0.1) is 6.92 Å². The minimum absolute atomic E-state index is 0.649. The molecule has 0 aliphatic carbocycles. The Balaban J connectivity index is 1.78. The van der Waals surface area contributed by atoms with Crippen molar-refractivity contribution in [2.24, 2.45) is 0 Å². The lowest BCUT2D eigenvalue weighted by molar-refractivity contribution is 0.153. The molecule has 0 saturated carbocycles. The highest BCUT2D eigenvalue weighted by Gasteiger charge is 2.19. The maximum absolute atomic E-state index is 3.49. The van der Waals surface area contributed by atoms with Gasteiger partial charge in [-0.1, -0.05) is 24.3 Å². The molecule has 3 heteroatoms. The molecule has 1 N–H and O–H groups in total. The molecule has 0 radical (unpaired) electrons. The van der Waals surface area contributed by atoms with E-state index >= 15 is 0 Å². The standard InChI is InChI=1S/C16H27N3/c1-14-6-4-5-7-15(14)8-10-18(2)13-16-12-17-9-11-19(16)3/h4-7,16-17H,8-13H2,1-3H3. The lowest BCUT2D eigenvalue weighted by Crippen LogP contribution is -2.53. The number of rotatable bonds is 5. The number of hydrogen-bond donors (Lipinski definition) is 1. The van der Waals surface area contributed by atoms with Gasteiger partial charge in [0, 0.05) is 38.8 Å². The first-order valence-corrected chi connectivity index (χ1v) is 7.31. The van der Waals surface area contributed by atoms with Crippen molar-refractivity contribution in [2.45, 2.75) is 19.4 Å². The summed E-state index contributed by atoms with van der Waals surface area (Å²) in [6, 6.07) is 9.36. The Morgan fingerprint density at radius 1 is 1.37 bits per heavy atom. The molecule has 1 fully saturated rings. The van der Waals surface area contributed by atoms with Crippen molar-refractivity contribution >= 4 is 0 Å². The fraction of sp³-hybridized carbons (Fsp3) is 0.625. The number of hydrogen-bond acceptors (Lipinski definition) is 3. The zero-order chi connectivity index (χ0) is 13.7. The number of aryl methyl sites for hydroxylation is 1. The van der Waals surface area contributed by atoms with Crippen LogP contribution in [0.5, 0.6) is 0 Å². The molecule has 0 amide bonds. The van der Waals surface area contributed by atoms with Crippen LogP contribution in [0.1, 0.15) is 11.1 Å². The van der Waals surface area contributed by atoms with E-state index in [2.05, 4.69) is 60.4 Å². The summed E-state index contributed by atoms with van der Waals surface area (Å²) < 4.78 is 0. The second-order valence-corrected chi connectivity index (χ2v) is 5.78. The van der Waals surface area contributed by atoms with Crippen LogP contribution in [0.25, 0.3) is 0 Å². The number of benzene rings is 1. The molecule has 1 unspecified atom stereocenters. The van der Waals surface area contributed by atoms with E-state index in [1.165, 1.54) is 11.1 Å². The molecule has 1 heterocycles. The molecule has 2 rings (SSSR count). The predicted molar refractivity (Wildman–Crippen MR) is 81.7 cm³/mol. The summed E-state index contributed by atoms with van der Waals surface area (Å²) in [7, 11) is 4.47. The molecule has 1 saturated heterocycles. The second kappa shape index (κ2) is 7.04. The molecule has 0 aromatic heterocycles. The highest BCUT2D eigenvalue weighted by Crippen LogP contribution is 2.09. The zero-order valence-corrected chi connectivity index (χ0v) is 12.5. The van der Waals surface area contributed by atoms with Gasteiger partial charge < -0.3 is 10.2 Å². The minimum atomic E-state index is 0.649. The van der Waals surface area contributed by atoms with Gasteiger partial charge in [0.05, 0.1) is 0 Å². The van der Waals surface area contributed by atoms with Crippen LogP contribution >= 0.6 is 0 Å². The summed E-state index contributed by atoms with van der Waals surface area (Å²) in [6.45, 7) is 7.89.